The summed E-state index contributed by atoms with van der Waals surface area (Å²) in [5.41, 5.74) is 5.65. The van der Waals surface area contributed by atoms with Crippen molar-refractivity contribution in [2.45, 2.75) is 25.2 Å². The van der Waals surface area contributed by atoms with Gasteiger partial charge in [-0.25, -0.2) is 23.1 Å². The average molecular weight is 449 g/mol. The quantitative estimate of drug-likeness (QED) is 0.631. The second-order valence-corrected chi connectivity index (χ2v) is 8.11. The summed E-state index contributed by atoms with van der Waals surface area (Å²) in [6.45, 7) is 0.289. The number of nitrogens with two attached hydrogens (primary N) is 1. The van der Waals surface area contributed by atoms with E-state index in [0.29, 0.717) is 10.9 Å². The van der Waals surface area contributed by atoms with Crippen LogP contribution in [0.25, 0.3) is 10.9 Å². The molecular weight excluding hydrogens is 431 g/mol. The third-order valence-corrected chi connectivity index (χ3v) is 5.76. The van der Waals surface area contributed by atoms with Crippen molar-refractivity contribution in [3.05, 3.63) is 46.7 Å². The molecule has 3 heterocycles. The Balaban J connectivity index is 1.72. The zero-order chi connectivity index (χ0) is 22.2. The molecule has 0 aliphatic carbocycles. The number of hydrogen-bond acceptors (Lipinski definition) is 6. The SMILES string of the molecule is NC(=O)c1csc(NC(=O)c2cc3ccc(F)cc3nc2N2CCCC(F)(F)CC2)n1. The van der Waals surface area contributed by atoms with Gasteiger partial charge in [0, 0.05) is 42.8 Å². The van der Waals surface area contributed by atoms with Crippen LogP contribution in [-0.2, 0) is 0 Å². The molecule has 0 unspecified atom stereocenters. The normalized spacial score (nSPS) is 16.2. The molecule has 162 valence electrons. The van der Waals surface area contributed by atoms with Crippen molar-refractivity contribution < 1.29 is 22.8 Å². The second-order valence-electron chi connectivity index (χ2n) is 7.25. The van der Waals surface area contributed by atoms with Crippen molar-refractivity contribution in [1.29, 1.82) is 0 Å². The monoisotopic (exact) mass is 449 g/mol. The number of halogens is 3. The minimum atomic E-state index is -2.79. The van der Waals surface area contributed by atoms with E-state index >= 15 is 0 Å². The number of alkyl halides is 2. The van der Waals surface area contributed by atoms with Crippen LogP contribution >= 0.6 is 11.3 Å². The number of nitrogens with zero attached hydrogens (tertiary/aromatic N) is 3. The van der Waals surface area contributed by atoms with Crippen molar-refractivity contribution >= 4 is 45.0 Å². The Kier molecular flexibility index (Phi) is 5.52. The smallest absolute Gasteiger partial charge is 0.268 e. The highest BCUT2D eigenvalue weighted by Crippen LogP contribution is 2.32. The van der Waals surface area contributed by atoms with Crippen LogP contribution in [0.5, 0.6) is 0 Å². The summed E-state index contributed by atoms with van der Waals surface area (Å²) in [4.78, 5) is 34.3. The Morgan fingerprint density at radius 1 is 1.16 bits per heavy atom. The van der Waals surface area contributed by atoms with Gasteiger partial charge in [-0.15, -0.1) is 11.3 Å². The van der Waals surface area contributed by atoms with E-state index in [-0.39, 0.29) is 54.6 Å². The van der Waals surface area contributed by atoms with Crippen LogP contribution in [0, 0.1) is 5.82 Å². The van der Waals surface area contributed by atoms with Crippen molar-refractivity contribution in [2.75, 3.05) is 23.3 Å². The van der Waals surface area contributed by atoms with Gasteiger partial charge in [-0.05, 0) is 24.6 Å². The Morgan fingerprint density at radius 3 is 2.71 bits per heavy atom. The molecule has 3 aromatic rings. The van der Waals surface area contributed by atoms with Gasteiger partial charge >= 0.3 is 0 Å². The van der Waals surface area contributed by atoms with E-state index in [1.165, 1.54) is 29.6 Å². The van der Waals surface area contributed by atoms with E-state index in [4.69, 9.17) is 5.73 Å². The first kappa shape index (κ1) is 21.0. The van der Waals surface area contributed by atoms with E-state index in [2.05, 4.69) is 15.3 Å². The first-order valence-corrected chi connectivity index (χ1v) is 10.4. The van der Waals surface area contributed by atoms with Gasteiger partial charge in [0.15, 0.2) is 5.13 Å². The highest BCUT2D eigenvalue weighted by atomic mass is 32.1. The number of rotatable bonds is 4. The van der Waals surface area contributed by atoms with Gasteiger partial charge in [0.05, 0.1) is 11.1 Å². The Morgan fingerprint density at radius 2 is 1.97 bits per heavy atom. The third-order valence-electron chi connectivity index (χ3n) is 5.00. The molecule has 3 N–H and O–H groups in total. The van der Waals surface area contributed by atoms with Gasteiger partial charge in [0.25, 0.3) is 11.8 Å². The lowest BCUT2D eigenvalue weighted by atomic mass is 10.1. The number of aromatic nitrogens is 2. The lowest BCUT2D eigenvalue weighted by molar-refractivity contribution is -0.0102. The fraction of sp³-hybridized carbons (Fsp3) is 0.300. The third kappa shape index (κ3) is 4.61. The van der Waals surface area contributed by atoms with E-state index in [1.807, 2.05) is 0 Å². The van der Waals surface area contributed by atoms with E-state index in [9.17, 15) is 22.8 Å². The van der Waals surface area contributed by atoms with Crippen molar-refractivity contribution in [2.24, 2.45) is 5.73 Å². The number of hydrogen-bond donors (Lipinski definition) is 2. The second kappa shape index (κ2) is 8.14. The van der Waals surface area contributed by atoms with Gasteiger partial charge in [0.1, 0.15) is 17.3 Å². The summed E-state index contributed by atoms with van der Waals surface area (Å²) in [6.07, 6.45) is -0.390. The van der Waals surface area contributed by atoms with Crippen LogP contribution < -0.4 is 16.0 Å². The summed E-state index contributed by atoms with van der Waals surface area (Å²) in [7, 11) is 0. The topological polar surface area (TPSA) is 101 Å². The minimum Gasteiger partial charge on any atom is -0.364 e. The molecule has 1 fully saturated rings. The molecule has 2 amide bonds. The summed E-state index contributed by atoms with van der Waals surface area (Å²) in [5, 5.41) is 4.69. The number of nitrogens with one attached hydrogen (secondary N) is 1. The number of benzene rings is 1. The number of amides is 2. The van der Waals surface area contributed by atoms with Gasteiger partial charge in [-0.2, -0.15) is 0 Å². The lowest BCUT2D eigenvalue weighted by Crippen LogP contribution is -2.29. The molecule has 2 aromatic heterocycles. The molecular formula is C20H18F3N5O2S. The van der Waals surface area contributed by atoms with Crippen LogP contribution in [0.15, 0.2) is 29.6 Å². The molecule has 7 nitrogen and oxygen atoms in total. The summed E-state index contributed by atoms with van der Waals surface area (Å²) < 4.78 is 41.4. The fourth-order valence-electron chi connectivity index (χ4n) is 3.42. The van der Waals surface area contributed by atoms with E-state index < -0.39 is 23.6 Å². The van der Waals surface area contributed by atoms with Crippen molar-refractivity contribution in [3.63, 3.8) is 0 Å². The van der Waals surface area contributed by atoms with Gasteiger partial charge in [0.2, 0.25) is 5.92 Å². The molecule has 1 aliphatic rings. The minimum absolute atomic E-state index is 0.00414. The number of pyridine rings is 1. The van der Waals surface area contributed by atoms with E-state index in [0.717, 1.165) is 11.3 Å². The molecule has 0 spiro atoms. The largest absolute Gasteiger partial charge is 0.364 e. The highest BCUT2D eigenvalue weighted by Gasteiger charge is 2.33. The number of carbonyl (C=O) groups is 2. The molecule has 1 aromatic carbocycles. The van der Waals surface area contributed by atoms with Crippen LogP contribution in [-0.4, -0.2) is 40.8 Å². The molecule has 1 saturated heterocycles. The van der Waals surface area contributed by atoms with Crippen LogP contribution in [0.1, 0.15) is 40.1 Å². The number of primary amides is 1. The maximum Gasteiger partial charge on any atom is 0.268 e. The van der Waals surface area contributed by atoms with E-state index in [1.54, 1.807) is 4.90 Å². The standard InChI is InChI=1S/C20H18F3N5O2S/c21-12-3-2-11-8-13(18(30)27-19-26-15(10-31-19)16(24)29)17(25-14(11)9-12)28-6-1-4-20(22,23)5-7-28/h2-3,8-10H,1,4-7H2,(H2,24,29)(H,26,27,30). The first-order chi connectivity index (χ1) is 14.7. The lowest BCUT2D eigenvalue weighted by Gasteiger charge is -2.24. The molecule has 0 atom stereocenters. The van der Waals surface area contributed by atoms with Gasteiger partial charge in [-0.3, -0.25) is 14.9 Å². The molecule has 31 heavy (non-hydrogen) atoms. The first-order valence-electron chi connectivity index (χ1n) is 9.52. The molecule has 1 aliphatic heterocycles. The number of anilines is 2. The Hall–Kier alpha value is -3.21. The predicted molar refractivity (Wildman–Crippen MR) is 111 cm³/mol. The number of thiazole rings is 1. The van der Waals surface area contributed by atoms with Crippen molar-refractivity contribution in [3.8, 4) is 0 Å². The molecule has 0 radical (unpaired) electrons. The predicted octanol–water partition coefficient (Wildman–Crippen LogP) is 3.81. The zero-order valence-electron chi connectivity index (χ0n) is 16.2. The average Bonchev–Trinajstić information content (AvgIpc) is 3.10. The van der Waals surface area contributed by atoms with Crippen LogP contribution in [0.3, 0.4) is 0 Å². The number of fused-ring (bicyclic) bond motifs is 1. The summed E-state index contributed by atoms with van der Waals surface area (Å²) in [6, 6.07) is 5.51. The Bertz CT molecular complexity index is 1170. The number of carbonyl (C=O) groups excluding carboxylic acids is 2. The maximum absolute atomic E-state index is 13.9. The fourth-order valence-corrected chi connectivity index (χ4v) is 4.12. The summed E-state index contributed by atoms with van der Waals surface area (Å²) in [5.74, 6) is -4.38. The summed E-state index contributed by atoms with van der Waals surface area (Å²) >= 11 is 1.02. The molecule has 0 saturated carbocycles. The molecule has 0 bridgehead atoms. The molecule has 11 heteroatoms. The van der Waals surface area contributed by atoms with Gasteiger partial charge < -0.3 is 10.6 Å². The van der Waals surface area contributed by atoms with Gasteiger partial charge in [-0.1, -0.05) is 0 Å². The Labute approximate surface area is 179 Å². The maximum atomic E-state index is 13.9. The highest BCUT2D eigenvalue weighted by molar-refractivity contribution is 7.14. The van der Waals surface area contributed by atoms with Crippen molar-refractivity contribution in [1.82, 2.24) is 9.97 Å². The zero-order valence-corrected chi connectivity index (χ0v) is 17.0. The van der Waals surface area contributed by atoms with Crippen LogP contribution in [0.4, 0.5) is 24.1 Å². The molecule has 4 rings (SSSR count). The van der Waals surface area contributed by atoms with Crippen LogP contribution in [0.2, 0.25) is 0 Å².